The molecule has 1 aliphatic rings. The number of anilines is 1. The SMILES string of the molecule is Cc1ccc(N2C(=O)/C(=C\c3ccc(F)cc3)NC2=S)cc1C. The Hall–Kier alpha value is -2.53. The molecule has 2 aromatic rings. The molecule has 3 nitrogen and oxygen atoms in total. The molecule has 0 spiro atoms. The summed E-state index contributed by atoms with van der Waals surface area (Å²) in [5.41, 5.74) is 4.08. The molecule has 0 atom stereocenters. The van der Waals surface area contributed by atoms with E-state index in [2.05, 4.69) is 5.32 Å². The Morgan fingerprint density at radius 2 is 1.78 bits per heavy atom. The van der Waals surface area contributed by atoms with Crippen molar-refractivity contribution in [2.45, 2.75) is 13.8 Å². The van der Waals surface area contributed by atoms with Gasteiger partial charge in [-0.3, -0.25) is 9.69 Å². The molecule has 0 radical (unpaired) electrons. The van der Waals surface area contributed by atoms with E-state index in [-0.39, 0.29) is 11.7 Å². The van der Waals surface area contributed by atoms with Crippen LogP contribution in [-0.4, -0.2) is 11.0 Å². The van der Waals surface area contributed by atoms with E-state index in [9.17, 15) is 9.18 Å². The van der Waals surface area contributed by atoms with Gasteiger partial charge in [0.2, 0.25) is 0 Å². The number of nitrogens with zero attached hydrogens (tertiary/aromatic N) is 1. The van der Waals surface area contributed by atoms with E-state index >= 15 is 0 Å². The molecule has 2 aromatic carbocycles. The molecule has 0 aliphatic carbocycles. The summed E-state index contributed by atoms with van der Waals surface area (Å²) >= 11 is 5.28. The molecule has 1 saturated heterocycles. The van der Waals surface area contributed by atoms with Crippen LogP contribution < -0.4 is 10.2 Å². The number of carbonyl (C=O) groups is 1. The topological polar surface area (TPSA) is 32.3 Å². The Morgan fingerprint density at radius 1 is 1.09 bits per heavy atom. The van der Waals surface area contributed by atoms with Gasteiger partial charge >= 0.3 is 0 Å². The molecule has 1 fully saturated rings. The first-order valence-corrected chi connectivity index (χ1v) is 7.56. The number of hydrogen-bond donors (Lipinski definition) is 1. The van der Waals surface area contributed by atoms with Gasteiger partial charge in [-0.25, -0.2) is 4.39 Å². The third-order valence-corrected chi connectivity index (χ3v) is 4.09. The van der Waals surface area contributed by atoms with Gasteiger partial charge < -0.3 is 5.32 Å². The van der Waals surface area contributed by atoms with Crippen molar-refractivity contribution < 1.29 is 9.18 Å². The molecule has 0 aromatic heterocycles. The van der Waals surface area contributed by atoms with Gasteiger partial charge in [0.15, 0.2) is 5.11 Å². The van der Waals surface area contributed by atoms with Crippen molar-refractivity contribution >= 4 is 35.0 Å². The van der Waals surface area contributed by atoms with Crippen LogP contribution in [0.1, 0.15) is 16.7 Å². The zero-order valence-corrected chi connectivity index (χ0v) is 13.6. The van der Waals surface area contributed by atoms with E-state index in [4.69, 9.17) is 12.2 Å². The number of halogens is 1. The minimum atomic E-state index is -0.315. The van der Waals surface area contributed by atoms with Crippen LogP contribution in [-0.2, 0) is 4.79 Å². The highest BCUT2D eigenvalue weighted by molar-refractivity contribution is 7.80. The maximum Gasteiger partial charge on any atom is 0.281 e. The maximum absolute atomic E-state index is 13.0. The predicted octanol–water partition coefficient (Wildman–Crippen LogP) is 3.70. The minimum Gasteiger partial charge on any atom is -0.327 e. The zero-order valence-electron chi connectivity index (χ0n) is 12.8. The van der Waals surface area contributed by atoms with Crippen molar-refractivity contribution in [2.24, 2.45) is 0 Å². The summed E-state index contributed by atoms with van der Waals surface area (Å²) in [7, 11) is 0. The predicted molar refractivity (Wildman–Crippen MR) is 93.5 cm³/mol. The highest BCUT2D eigenvalue weighted by Gasteiger charge is 2.32. The molecule has 23 heavy (non-hydrogen) atoms. The second kappa shape index (κ2) is 5.93. The Kier molecular flexibility index (Phi) is 3.96. The van der Waals surface area contributed by atoms with Gasteiger partial charge in [0, 0.05) is 0 Å². The van der Waals surface area contributed by atoms with Crippen LogP contribution >= 0.6 is 12.2 Å². The summed E-state index contributed by atoms with van der Waals surface area (Å²) in [6, 6.07) is 11.7. The lowest BCUT2D eigenvalue weighted by atomic mass is 10.1. The molecular formula is C18H15FN2OS. The number of rotatable bonds is 2. The second-order valence-electron chi connectivity index (χ2n) is 5.45. The molecule has 5 heteroatoms. The van der Waals surface area contributed by atoms with Gasteiger partial charge in [-0.1, -0.05) is 18.2 Å². The Balaban J connectivity index is 1.93. The summed E-state index contributed by atoms with van der Waals surface area (Å²) in [5, 5.41) is 3.26. The standard InChI is InChI=1S/C18H15FN2OS/c1-11-3-8-15(9-12(11)2)21-17(22)16(20-18(21)23)10-13-4-6-14(19)7-5-13/h3-10H,1-2H3,(H,20,23)/b16-10+. The first kappa shape index (κ1) is 15.4. The first-order valence-electron chi connectivity index (χ1n) is 7.15. The number of thiocarbonyl (C=S) groups is 1. The van der Waals surface area contributed by atoms with Crippen LogP contribution in [0.2, 0.25) is 0 Å². The van der Waals surface area contributed by atoms with E-state index in [1.54, 1.807) is 18.2 Å². The molecule has 116 valence electrons. The Labute approximate surface area is 139 Å². The van der Waals surface area contributed by atoms with Crippen molar-refractivity contribution in [3.63, 3.8) is 0 Å². The number of benzene rings is 2. The quantitative estimate of drug-likeness (QED) is 0.674. The van der Waals surface area contributed by atoms with Gasteiger partial charge in [-0.15, -0.1) is 0 Å². The average molecular weight is 326 g/mol. The van der Waals surface area contributed by atoms with E-state index < -0.39 is 0 Å². The van der Waals surface area contributed by atoms with Crippen LogP contribution in [0.15, 0.2) is 48.2 Å². The molecule has 1 heterocycles. The fourth-order valence-electron chi connectivity index (χ4n) is 2.36. The van der Waals surface area contributed by atoms with Gasteiger partial charge in [0.25, 0.3) is 5.91 Å². The third-order valence-electron chi connectivity index (χ3n) is 3.81. The molecule has 3 rings (SSSR count). The van der Waals surface area contributed by atoms with Gasteiger partial charge in [0.1, 0.15) is 11.5 Å². The summed E-state index contributed by atoms with van der Waals surface area (Å²) in [5.74, 6) is -0.535. The van der Waals surface area contributed by atoms with E-state index in [1.165, 1.54) is 17.0 Å². The van der Waals surface area contributed by atoms with Crippen LogP contribution in [0.3, 0.4) is 0 Å². The van der Waals surface area contributed by atoms with Gasteiger partial charge in [0.05, 0.1) is 5.69 Å². The van der Waals surface area contributed by atoms with E-state index in [0.717, 1.165) is 22.4 Å². The molecule has 1 N–H and O–H groups in total. The molecule has 1 aliphatic heterocycles. The number of carbonyl (C=O) groups excluding carboxylic acids is 1. The molecular weight excluding hydrogens is 311 g/mol. The van der Waals surface area contributed by atoms with Crippen LogP contribution in [0, 0.1) is 19.7 Å². The summed E-state index contributed by atoms with van der Waals surface area (Å²) in [6.07, 6.45) is 1.66. The van der Waals surface area contributed by atoms with Crippen LogP contribution in [0.25, 0.3) is 6.08 Å². The summed E-state index contributed by atoms with van der Waals surface area (Å²) in [4.78, 5) is 14.1. The Bertz CT molecular complexity index is 827. The highest BCUT2D eigenvalue weighted by Crippen LogP contribution is 2.24. The smallest absolute Gasteiger partial charge is 0.281 e. The number of amides is 1. The van der Waals surface area contributed by atoms with Crippen molar-refractivity contribution in [2.75, 3.05) is 4.90 Å². The summed E-state index contributed by atoms with van der Waals surface area (Å²) in [6.45, 7) is 4.01. The van der Waals surface area contributed by atoms with Gasteiger partial charge in [-0.2, -0.15) is 0 Å². The average Bonchev–Trinajstić information content (AvgIpc) is 2.79. The maximum atomic E-state index is 13.0. The fourth-order valence-corrected chi connectivity index (χ4v) is 2.66. The van der Waals surface area contributed by atoms with Crippen molar-refractivity contribution in [1.29, 1.82) is 0 Å². The van der Waals surface area contributed by atoms with Crippen LogP contribution in [0.5, 0.6) is 0 Å². The lowest BCUT2D eigenvalue weighted by Gasteiger charge is -2.15. The monoisotopic (exact) mass is 326 g/mol. The summed E-state index contributed by atoms with van der Waals surface area (Å²) < 4.78 is 13.0. The number of hydrogen-bond acceptors (Lipinski definition) is 2. The van der Waals surface area contributed by atoms with Crippen molar-refractivity contribution in [1.82, 2.24) is 5.32 Å². The van der Waals surface area contributed by atoms with Gasteiger partial charge in [-0.05, 0) is 73.1 Å². The molecule has 0 unspecified atom stereocenters. The fraction of sp³-hybridized carbons (Fsp3) is 0.111. The third kappa shape index (κ3) is 3.00. The Morgan fingerprint density at radius 3 is 2.43 bits per heavy atom. The lowest BCUT2D eigenvalue weighted by Crippen LogP contribution is -2.30. The number of nitrogens with one attached hydrogen (secondary N) is 1. The normalized spacial score (nSPS) is 16.1. The van der Waals surface area contributed by atoms with Crippen LogP contribution in [0.4, 0.5) is 10.1 Å². The minimum absolute atomic E-state index is 0.220. The molecule has 0 bridgehead atoms. The van der Waals surface area contributed by atoms with E-state index in [1.807, 2.05) is 32.0 Å². The first-order chi connectivity index (χ1) is 11.0. The zero-order chi connectivity index (χ0) is 16.6. The highest BCUT2D eigenvalue weighted by atomic mass is 32.1. The van der Waals surface area contributed by atoms with E-state index in [0.29, 0.717) is 10.8 Å². The van der Waals surface area contributed by atoms with Crippen molar-refractivity contribution in [3.05, 3.63) is 70.7 Å². The number of aryl methyl sites for hydroxylation is 2. The lowest BCUT2D eigenvalue weighted by molar-refractivity contribution is -0.113. The molecule has 0 saturated carbocycles. The second-order valence-corrected chi connectivity index (χ2v) is 5.84. The van der Waals surface area contributed by atoms with Crippen molar-refractivity contribution in [3.8, 4) is 0 Å². The largest absolute Gasteiger partial charge is 0.327 e. The molecule has 1 amide bonds.